The highest BCUT2D eigenvalue weighted by molar-refractivity contribution is 6.14. The van der Waals surface area contributed by atoms with E-state index >= 15 is 0 Å². The van der Waals surface area contributed by atoms with E-state index in [9.17, 15) is 14.4 Å². The van der Waals surface area contributed by atoms with Crippen LogP contribution in [0.15, 0.2) is 54.6 Å². The average molecular weight is 310 g/mol. The van der Waals surface area contributed by atoms with Crippen molar-refractivity contribution in [2.24, 2.45) is 0 Å². The molecule has 0 bridgehead atoms. The second-order valence-electron chi connectivity index (χ2n) is 5.09. The molecule has 5 nitrogen and oxygen atoms in total. The molecule has 0 spiro atoms. The molecular weight excluding hydrogens is 296 g/mol. The highest BCUT2D eigenvalue weighted by Crippen LogP contribution is 2.18. The maximum Gasteiger partial charge on any atom is 0.347 e. The van der Waals surface area contributed by atoms with E-state index in [1.165, 1.54) is 6.07 Å². The summed E-state index contributed by atoms with van der Waals surface area (Å²) in [6.45, 7) is 0.237. The summed E-state index contributed by atoms with van der Waals surface area (Å²) in [7, 11) is 0. The van der Waals surface area contributed by atoms with Gasteiger partial charge < -0.3 is 9.47 Å². The first-order valence-electron chi connectivity index (χ1n) is 7.23. The Balaban J connectivity index is 1.87. The lowest BCUT2D eigenvalue weighted by molar-refractivity contribution is -0.145. The van der Waals surface area contributed by atoms with Crippen molar-refractivity contribution in [1.82, 2.24) is 0 Å². The lowest BCUT2D eigenvalue weighted by Gasteiger charge is -2.11. The van der Waals surface area contributed by atoms with E-state index in [4.69, 9.17) is 9.47 Å². The zero-order valence-corrected chi connectivity index (χ0v) is 12.2. The number of carbonyl (C=O) groups excluding carboxylic acids is 3. The predicted octanol–water partition coefficient (Wildman–Crippen LogP) is 2.39. The number of ether oxygens (including phenoxy) is 2. The van der Waals surface area contributed by atoms with Crippen LogP contribution in [-0.2, 0) is 14.3 Å². The molecule has 0 saturated carbocycles. The Labute approximate surface area is 132 Å². The van der Waals surface area contributed by atoms with Crippen molar-refractivity contribution in [3.05, 3.63) is 71.3 Å². The normalized spacial score (nSPS) is 16.7. The van der Waals surface area contributed by atoms with Crippen LogP contribution >= 0.6 is 0 Å². The molecule has 0 aromatic heterocycles. The number of benzene rings is 2. The smallest absolute Gasteiger partial charge is 0.347 e. The van der Waals surface area contributed by atoms with Gasteiger partial charge in [-0.05, 0) is 6.07 Å². The van der Waals surface area contributed by atoms with E-state index in [1.807, 2.05) is 6.07 Å². The Kier molecular flexibility index (Phi) is 4.19. The molecule has 1 fully saturated rings. The van der Waals surface area contributed by atoms with E-state index in [1.54, 1.807) is 42.5 Å². The number of hydrogen-bond donors (Lipinski definition) is 0. The third kappa shape index (κ3) is 3.13. The van der Waals surface area contributed by atoms with Crippen LogP contribution in [0.5, 0.6) is 0 Å². The second-order valence-corrected chi connectivity index (χ2v) is 5.09. The van der Waals surface area contributed by atoms with Crippen LogP contribution in [0, 0.1) is 0 Å². The highest BCUT2D eigenvalue weighted by Gasteiger charge is 2.31. The van der Waals surface area contributed by atoms with E-state index in [2.05, 4.69) is 0 Å². The molecule has 3 rings (SSSR count). The molecule has 1 unspecified atom stereocenters. The van der Waals surface area contributed by atoms with Crippen molar-refractivity contribution >= 4 is 17.7 Å². The maximum absolute atomic E-state index is 12.6. The number of esters is 2. The molecule has 1 heterocycles. The zero-order chi connectivity index (χ0) is 16.2. The molecule has 0 aliphatic carbocycles. The van der Waals surface area contributed by atoms with Crippen molar-refractivity contribution in [1.29, 1.82) is 0 Å². The monoisotopic (exact) mass is 310 g/mol. The van der Waals surface area contributed by atoms with Crippen LogP contribution in [0.1, 0.15) is 32.7 Å². The van der Waals surface area contributed by atoms with E-state index in [0.717, 1.165) is 0 Å². The number of hydrogen-bond acceptors (Lipinski definition) is 5. The Bertz CT molecular complexity index is 751. The van der Waals surface area contributed by atoms with Gasteiger partial charge in [-0.2, -0.15) is 0 Å². The standard InChI is InChI=1S/C18H14O5/c19-16(12-6-2-1-3-7-12)13-8-4-5-9-14(13)17(20)23-15-10-11-22-18(15)21/h1-9,15H,10-11H2. The average Bonchev–Trinajstić information content (AvgIpc) is 3.00. The predicted molar refractivity (Wildman–Crippen MR) is 81.1 cm³/mol. The Morgan fingerprint density at radius 3 is 2.26 bits per heavy atom. The fraction of sp³-hybridized carbons (Fsp3) is 0.167. The molecule has 23 heavy (non-hydrogen) atoms. The van der Waals surface area contributed by atoms with Crippen LogP contribution in [0.3, 0.4) is 0 Å². The minimum absolute atomic E-state index is 0.140. The van der Waals surface area contributed by atoms with E-state index in [0.29, 0.717) is 12.0 Å². The van der Waals surface area contributed by atoms with Crippen molar-refractivity contribution in [2.75, 3.05) is 6.61 Å². The lowest BCUT2D eigenvalue weighted by atomic mass is 9.98. The molecule has 1 atom stereocenters. The second kappa shape index (κ2) is 6.44. The van der Waals surface area contributed by atoms with Crippen LogP contribution < -0.4 is 0 Å². The topological polar surface area (TPSA) is 69.7 Å². The van der Waals surface area contributed by atoms with Gasteiger partial charge in [0.05, 0.1) is 12.2 Å². The minimum atomic E-state index is -0.901. The molecule has 0 amide bonds. The maximum atomic E-state index is 12.6. The molecule has 1 aliphatic heterocycles. The number of cyclic esters (lactones) is 1. The summed E-state index contributed by atoms with van der Waals surface area (Å²) in [5, 5.41) is 0. The SMILES string of the molecule is O=C(OC1CCOC1=O)c1ccccc1C(=O)c1ccccc1. The van der Waals surface area contributed by atoms with E-state index < -0.39 is 18.0 Å². The summed E-state index contributed by atoms with van der Waals surface area (Å²) < 4.78 is 9.94. The van der Waals surface area contributed by atoms with Gasteiger partial charge in [-0.1, -0.05) is 48.5 Å². The lowest BCUT2D eigenvalue weighted by Crippen LogP contribution is -2.24. The highest BCUT2D eigenvalue weighted by atomic mass is 16.6. The fourth-order valence-corrected chi connectivity index (χ4v) is 2.38. The molecule has 2 aromatic carbocycles. The number of carbonyl (C=O) groups is 3. The summed E-state index contributed by atoms with van der Waals surface area (Å²) >= 11 is 0. The van der Waals surface area contributed by atoms with Gasteiger partial charge in [0.15, 0.2) is 5.78 Å². The van der Waals surface area contributed by atoms with Gasteiger partial charge in [0.25, 0.3) is 0 Å². The third-order valence-electron chi connectivity index (χ3n) is 3.56. The summed E-state index contributed by atoms with van der Waals surface area (Å²) in [6.07, 6.45) is -0.568. The van der Waals surface area contributed by atoms with Gasteiger partial charge in [-0.15, -0.1) is 0 Å². The Morgan fingerprint density at radius 2 is 1.61 bits per heavy atom. The summed E-state index contributed by atoms with van der Waals surface area (Å²) in [5.41, 5.74) is 0.865. The van der Waals surface area contributed by atoms with Gasteiger partial charge >= 0.3 is 11.9 Å². The molecule has 1 aliphatic rings. The molecule has 116 valence electrons. The summed E-state index contributed by atoms with van der Waals surface area (Å²) in [6, 6.07) is 15.1. The largest absolute Gasteiger partial charge is 0.463 e. The zero-order valence-electron chi connectivity index (χ0n) is 12.2. The van der Waals surface area contributed by atoms with E-state index in [-0.39, 0.29) is 23.5 Å². The molecule has 0 radical (unpaired) electrons. The Hall–Kier alpha value is -2.95. The van der Waals surface area contributed by atoms with Crippen LogP contribution in [0.25, 0.3) is 0 Å². The molecular formula is C18H14O5. The van der Waals surface area contributed by atoms with Crippen molar-refractivity contribution in [3.63, 3.8) is 0 Å². The van der Waals surface area contributed by atoms with Crippen molar-refractivity contribution in [3.8, 4) is 0 Å². The Morgan fingerprint density at radius 1 is 0.957 bits per heavy atom. The summed E-state index contributed by atoms with van der Waals surface area (Å²) in [4.78, 5) is 36.3. The van der Waals surface area contributed by atoms with Crippen LogP contribution in [-0.4, -0.2) is 30.4 Å². The molecule has 2 aromatic rings. The summed E-state index contributed by atoms with van der Waals surface area (Å²) in [5.74, 6) is -1.52. The molecule has 5 heteroatoms. The first kappa shape index (κ1) is 15.0. The minimum Gasteiger partial charge on any atom is -0.463 e. The number of ketones is 1. The molecule has 0 N–H and O–H groups in total. The van der Waals surface area contributed by atoms with Crippen LogP contribution in [0.4, 0.5) is 0 Å². The van der Waals surface area contributed by atoms with Gasteiger partial charge in [0.1, 0.15) is 0 Å². The quantitative estimate of drug-likeness (QED) is 0.640. The van der Waals surface area contributed by atoms with Crippen molar-refractivity contribution < 1.29 is 23.9 Å². The fourth-order valence-electron chi connectivity index (χ4n) is 2.38. The third-order valence-corrected chi connectivity index (χ3v) is 3.56. The van der Waals surface area contributed by atoms with Gasteiger partial charge in [-0.3, -0.25) is 4.79 Å². The molecule has 1 saturated heterocycles. The van der Waals surface area contributed by atoms with Crippen LogP contribution in [0.2, 0.25) is 0 Å². The van der Waals surface area contributed by atoms with Crippen molar-refractivity contribution in [2.45, 2.75) is 12.5 Å². The van der Waals surface area contributed by atoms with Gasteiger partial charge in [0, 0.05) is 17.5 Å². The van der Waals surface area contributed by atoms with Gasteiger partial charge in [-0.25, -0.2) is 9.59 Å². The number of rotatable bonds is 4. The first-order chi connectivity index (χ1) is 11.2. The first-order valence-corrected chi connectivity index (χ1v) is 7.23. The van der Waals surface area contributed by atoms with Gasteiger partial charge in [0.2, 0.25) is 6.10 Å².